The van der Waals surface area contributed by atoms with Crippen LogP contribution in [-0.4, -0.2) is 6.18 Å². The molecular weight excluding hydrogens is 445 g/mol. The van der Waals surface area contributed by atoms with E-state index in [0.29, 0.717) is 11.5 Å². The minimum absolute atomic E-state index is 0.0914. The van der Waals surface area contributed by atoms with Crippen molar-refractivity contribution in [2.75, 3.05) is 0 Å². The van der Waals surface area contributed by atoms with Crippen molar-refractivity contribution in [2.45, 2.75) is 57.5 Å². The van der Waals surface area contributed by atoms with Crippen LogP contribution in [-0.2, 0) is 0 Å². The van der Waals surface area contributed by atoms with Crippen LogP contribution in [0.25, 0.3) is 12.2 Å². The van der Waals surface area contributed by atoms with Gasteiger partial charge in [-0.2, -0.15) is 13.2 Å². The maximum absolute atomic E-state index is 14.6. The van der Waals surface area contributed by atoms with E-state index in [1.807, 2.05) is 0 Å². The Morgan fingerprint density at radius 3 is 1.94 bits per heavy atom. The van der Waals surface area contributed by atoms with Crippen LogP contribution >= 0.6 is 0 Å². The minimum atomic E-state index is -4.90. The Hall–Kier alpha value is -2.75. The Balaban J connectivity index is 1.78. The first-order valence-electron chi connectivity index (χ1n) is 10.8. The monoisotopic (exact) mass is 468 g/mol. The number of alkyl halides is 3. The molecule has 2 aromatic rings. The van der Waals surface area contributed by atoms with E-state index in [4.69, 9.17) is 0 Å². The molecule has 1 saturated carbocycles. The Kier molecular flexibility index (Phi) is 7.88. The third-order valence-corrected chi connectivity index (χ3v) is 5.95. The average Bonchev–Trinajstić information content (AvgIpc) is 2.72. The quantitative estimate of drug-likeness (QED) is 0.235. The van der Waals surface area contributed by atoms with E-state index in [-0.39, 0.29) is 17.0 Å². The Labute approximate surface area is 188 Å². The van der Waals surface area contributed by atoms with E-state index in [1.54, 1.807) is 0 Å². The molecule has 0 spiro atoms. The molecule has 0 atom stereocenters. The van der Waals surface area contributed by atoms with Gasteiger partial charge in [-0.1, -0.05) is 31.8 Å². The molecule has 0 saturated heterocycles. The van der Waals surface area contributed by atoms with Crippen LogP contribution in [0.2, 0.25) is 0 Å². The fourth-order valence-corrected chi connectivity index (χ4v) is 4.31. The standard InChI is InChI=1S/C26H23F7/c1-2-3-16-4-7-18(8-5-16)19-14-24(29)20(25(30)15-19)9-6-17-12-22(27)21(23(28)13-17)10-11-26(31,32)33/h6,9,12-16,18H,2-5,7-8H2,1H3/b9-6+. The lowest BCUT2D eigenvalue weighted by atomic mass is 9.77. The van der Waals surface area contributed by atoms with E-state index >= 15 is 0 Å². The molecular formula is C26H23F7. The minimum Gasteiger partial charge on any atom is -0.206 e. The highest BCUT2D eigenvalue weighted by Crippen LogP contribution is 2.38. The zero-order valence-corrected chi connectivity index (χ0v) is 18.0. The van der Waals surface area contributed by atoms with Gasteiger partial charge in [0, 0.05) is 11.5 Å². The second-order valence-corrected chi connectivity index (χ2v) is 8.35. The summed E-state index contributed by atoms with van der Waals surface area (Å²) in [7, 11) is 0. The molecule has 0 unspecified atom stereocenters. The van der Waals surface area contributed by atoms with E-state index in [1.165, 1.54) is 18.1 Å². The summed E-state index contributed by atoms with van der Waals surface area (Å²) in [5.41, 5.74) is -0.901. The van der Waals surface area contributed by atoms with Crippen molar-refractivity contribution >= 4 is 12.2 Å². The molecule has 0 radical (unpaired) electrons. The number of halogens is 7. The predicted octanol–water partition coefficient (Wildman–Crippen LogP) is 8.40. The van der Waals surface area contributed by atoms with Crippen LogP contribution in [0.4, 0.5) is 30.7 Å². The van der Waals surface area contributed by atoms with Crippen LogP contribution < -0.4 is 0 Å². The largest absolute Gasteiger partial charge is 0.458 e. The lowest BCUT2D eigenvalue weighted by molar-refractivity contribution is -0.0696. The first kappa shape index (κ1) is 24.9. The SMILES string of the molecule is CCCC1CCC(c2cc(F)c(/C=C/c3cc(F)c(C#CC(F)(F)F)c(F)c3)c(F)c2)CC1. The third kappa shape index (κ3) is 6.63. The van der Waals surface area contributed by atoms with Crippen LogP contribution in [0.15, 0.2) is 24.3 Å². The van der Waals surface area contributed by atoms with Gasteiger partial charge in [-0.3, -0.25) is 0 Å². The van der Waals surface area contributed by atoms with Gasteiger partial charge in [0.2, 0.25) is 0 Å². The number of benzene rings is 2. The zero-order valence-electron chi connectivity index (χ0n) is 18.0. The van der Waals surface area contributed by atoms with Crippen LogP contribution in [0.1, 0.15) is 73.6 Å². The molecule has 0 aliphatic heterocycles. The molecule has 7 heteroatoms. The van der Waals surface area contributed by atoms with Crippen molar-refractivity contribution in [3.05, 3.63) is 69.8 Å². The third-order valence-electron chi connectivity index (χ3n) is 5.95. The van der Waals surface area contributed by atoms with Gasteiger partial charge < -0.3 is 0 Å². The van der Waals surface area contributed by atoms with Crippen LogP contribution in [0, 0.1) is 41.0 Å². The number of rotatable bonds is 5. The van der Waals surface area contributed by atoms with E-state index in [0.717, 1.165) is 68.7 Å². The molecule has 0 bridgehead atoms. The highest BCUT2D eigenvalue weighted by atomic mass is 19.4. The van der Waals surface area contributed by atoms with Gasteiger partial charge in [0.15, 0.2) is 0 Å². The molecule has 0 amide bonds. The van der Waals surface area contributed by atoms with Gasteiger partial charge in [-0.25, -0.2) is 17.6 Å². The summed E-state index contributed by atoms with van der Waals surface area (Å²) in [6, 6.07) is 4.09. The maximum atomic E-state index is 14.6. The molecule has 0 N–H and O–H groups in total. The molecule has 33 heavy (non-hydrogen) atoms. The normalized spacial score (nSPS) is 18.9. The Bertz CT molecular complexity index is 1030. The van der Waals surface area contributed by atoms with Gasteiger partial charge >= 0.3 is 6.18 Å². The van der Waals surface area contributed by atoms with E-state index < -0.39 is 35.0 Å². The predicted molar refractivity (Wildman–Crippen MR) is 114 cm³/mol. The van der Waals surface area contributed by atoms with E-state index in [2.05, 4.69) is 6.92 Å². The number of hydrogen-bond acceptors (Lipinski definition) is 0. The topological polar surface area (TPSA) is 0 Å². The van der Waals surface area contributed by atoms with Gasteiger partial charge in [-0.15, -0.1) is 0 Å². The Morgan fingerprint density at radius 1 is 0.848 bits per heavy atom. The van der Waals surface area contributed by atoms with Gasteiger partial charge in [-0.05, 0) is 79.0 Å². The number of hydrogen-bond donors (Lipinski definition) is 0. The molecule has 1 aliphatic carbocycles. The smallest absolute Gasteiger partial charge is 0.206 e. The maximum Gasteiger partial charge on any atom is 0.458 e. The molecule has 1 fully saturated rings. The summed E-state index contributed by atoms with van der Waals surface area (Å²) >= 11 is 0. The average molecular weight is 468 g/mol. The summed E-state index contributed by atoms with van der Waals surface area (Å²) in [5, 5.41) is 0. The molecule has 176 valence electrons. The first-order chi connectivity index (χ1) is 15.6. The fraction of sp³-hybridized carbons (Fsp3) is 0.385. The Morgan fingerprint density at radius 2 is 1.42 bits per heavy atom. The van der Waals surface area contributed by atoms with Crippen molar-refractivity contribution in [1.29, 1.82) is 0 Å². The summed E-state index contributed by atoms with van der Waals surface area (Å²) in [6.07, 6.45) is 3.34. The highest BCUT2D eigenvalue weighted by Gasteiger charge is 2.24. The summed E-state index contributed by atoms with van der Waals surface area (Å²) in [4.78, 5) is 0. The van der Waals surface area contributed by atoms with Crippen molar-refractivity contribution in [3.8, 4) is 11.8 Å². The fourth-order valence-electron chi connectivity index (χ4n) is 4.31. The first-order valence-corrected chi connectivity index (χ1v) is 10.8. The molecule has 0 nitrogen and oxygen atoms in total. The molecule has 2 aromatic carbocycles. The van der Waals surface area contributed by atoms with Gasteiger partial charge in [0.25, 0.3) is 0 Å². The van der Waals surface area contributed by atoms with Crippen molar-refractivity contribution < 1.29 is 30.7 Å². The van der Waals surface area contributed by atoms with Crippen molar-refractivity contribution in [1.82, 2.24) is 0 Å². The summed E-state index contributed by atoms with van der Waals surface area (Å²) in [6.45, 7) is 2.14. The van der Waals surface area contributed by atoms with Crippen molar-refractivity contribution in [2.24, 2.45) is 5.92 Å². The van der Waals surface area contributed by atoms with Crippen LogP contribution in [0.5, 0.6) is 0 Å². The van der Waals surface area contributed by atoms with Crippen molar-refractivity contribution in [3.63, 3.8) is 0 Å². The van der Waals surface area contributed by atoms with E-state index in [9.17, 15) is 30.7 Å². The van der Waals surface area contributed by atoms with Gasteiger partial charge in [0.1, 0.15) is 23.3 Å². The summed E-state index contributed by atoms with van der Waals surface area (Å²) < 4.78 is 93.8. The lowest BCUT2D eigenvalue weighted by Crippen LogP contribution is -2.13. The summed E-state index contributed by atoms with van der Waals surface area (Å²) in [5.74, 6) is -1.20. The molecule has 3 rings (SSSR count). The van der Waals surface area contributed by atoms with Crippen LogP contribution in [0.3, 0.4) is 0 Å². The second-order valence-electron chi connectivity index (χ2n) is 8.35. The van der Waals surface area contributed by atoms with Gasteiger partial charge in [0.05, 0.1) is 5.56 Å². The molecule has 1 aliphatic rings. The lowest BCUT2D eigenvalue weighted by Gasteiger charge is -2.28. The molecule has 0 aromatic heterocycles. The zero-order chi connectivity index (χ0) is 24.2. The molecule has 0 heterocycles. The second kappa shape index (κ2) is 10.5. The highest BCUT2D eigenvalue weighted by molar-refractivity contribution is 5.71.